The van der Waals surface area contributed by atoms with E-state index < -0.39 is 10.6 Å². The minimum Gasteiger partial charge on any atom is -0.258 e. The van der Waals surface area contributed by atoms with E-state index in [0.717, 1.165) is 24.4 Å². The van der Waals surface area contributed by atoms with Gasteiger partial charge in [0.25, 0.3) is 5.69 Å². The van der Waals surface area contributed by atoms with Crippen molar-refractivity contribution in [1.82, 2.24) is 8.52 Å². The number of rotatable bonds is 4. The molecule has 0 spiro atoms. The summed E-state index contributed by atoms with van der Waals surface area (Å²) >= 11 is 6.74. The zero-order valence-corrected chi connectivity index (χ0v) is 12.3. The molecule has 1 aliphatic rings. The van der Waals surface area contributed by atoms with Crippen LogP contribution in [0.4, 0.5) is 5.69 Å². The lowest BCUT2D eigenvalue weighted by Crippen LogP contribution is -2.29. The fraction of sp³-hybridized carbons (Fsp3) is 0.333. The minimum atomic E-state index is -0.570. The number of benzene rings is 1. The van der Waals surface area contributed by atoms with E-state index in [9.17, 15) is 19.7 Å². The van der Waals surface area contributed by atoms with E-state index in [4.69, 9.17) is 11.6 Å². The van der Waals surface area contributed by atoms with Gasteiger partial charge in [-0.2, -0.15) is 0 Å². The predicted molar refractivity (Wildman–Crippen MR) is 78.6 cm³/mol. The number of nitro benzene ring substituents is 1. The second-order valence-corrected chi connectivity index (χ2v) is 6.19. The third-order valence-electron chi connectivity index (χ3n) is 3.29. The predicted octanol–water partition coefficient (Wildman–Crippen LogP) is 2.03. The van der Waals surface area contributed by atoms with Gasteiger partial charge < -0.3 is 0 Å². The molecule has 1 aromatic heterocycles. The van der Waals surface area contributed by atoms with Crippen LogP contribution >= 0.6 is 23.1 Å². The molecule has 0 N–H and O–H groups in total. The van der Waals surface area contributed by atoms with E-state index >= 15 is 0 Å². The highest BCUT2D eigenvalue weighted by Crippen LogP contribution is 2.30. The summed E-state index contributed by atoms with van der Waals surface area (Å²) in [5, 5.41) is 10.7. The average Bonchev–Trinajstić information content (AvgIpc) is 3.21. The van der Waals surface area contributed by atoms with E-state index in [2.05, 4.69) is 0 Å². The van der Waals surface area contributed by atoms with E-state index in [1.807, 2.05) is 0 Å². The second-order valence-electron chi connectivity index (χ2n) is 4.88. The first-order chi connectivity index (χ1) is 9.97. The van der Waals surface area contributed by atoms with Gasteiger partial charge in [-0.3, -0.25) is 14.9 Å². The standard InChI is InChI=1S/C12H10ClN3O4S/c13-9-5-8(16(19)20)3-4-10(9)15-11(17)14(12(18)21-15)6-7-1-2-7/h3-5,7H,1-2,6H2. The highest BCUT2D eigenvalue weighted by Gasteiger charge is 2.25. The number of aromatic nitrogens is 2. The van der Waals surface area contributed by atoms with Gasteiger partial charge in [0.05, 0.1) is 15.6 Å². The van der Waals surface area contributed by atoms with Gasteiger partial charge in [0.2, 0.25) is 0 Å². The lowest BCUT2D eigenvalue weighted by molar-refractivity contribution is -0.384. The van der Waals surface area contributed by atoms with Crippen LogP contribution in [0.5, 0.6) is 0 Å². The van der Waals surface area contributed by atoms with Gasteiger partial charge >= 0.3 is 10.6 Å². The summed E-state index contributed by atoms with van der Waals surface area (Å²) in [5.74, 6) is 0.394. The van der Waals surface area contributed by atoms with Gasteiger partial charge in [-0.25, -0.2) is 13.3 Å². The molecular formula is C12H10ClN3O4S. The van der Waals surface area contributed by atoms with Crippen molar-refractivity contribution in [3.63, 3.8) is 0 Å². The van der Waals surface area contributed by atoms with Crippen LogP contribution in [0.2, 0.25) is 5.02 Å². The Morgan fingerprint density at radius 1 is 1.38 bits per heavy atom. The molecule has 0 aliphatic heterocycles. The Hall–Kier alpha value is -1.93. The number of nitrogens with zero attached hydrogens (tertiary/aromatic N) is 3. The Morgan fingerprint density at radius 3 is 2.67 bits per heavy atom. The summed E-state index contributed by atoms with van der Waals surface area (Å²) in [7, 11) is 0. The average molecular weight is 328 g/mol. The Balaban J connectivity index is 2.06. The first-order valence-corrected chi connectivity index (χ1v) is 7.40. The van der Waals surface area contributed by atoms with Crippen LogP contribution in [-0.4, -0.2) is 13.4 Å². The molecule has 1 aliphatic carbocycles. The zero-order chi connectivity index (χ0) is 15.1. The maximum atomic E-state index is 12.3. The molecule has 0 bridgehead atoms. The molecule has 3 rings (SSSR count). The first-order valence-electron chi connectivity index (χ1n) is 6.25. The lowest BCUT2D eigenvalue weighted by Gasteiger charge is -2.02. The third kappa shape index (κ3) is 2.64. The maximum Gasteiger partial charge on any atom is 0.345 e. The fourth-order valence-corrected chi connectivity index (χ4v) is 3.14. The normalized spacial score (nSPS) is 14.3. The zero-order valence-electron chi connectivity index (χ0n) is 10.7. The molecule has 1 fully saturated rings. The van der Waals surface area contributed by atoms with Crippen LogP contribution in [0.3, 0.4) is 0 Å². The Morgan fingerprint density at radius 2 is 2.10 bits per heavy atom. The molecule has 0 atom stereocenters. The van der Waals surface area contributed by atoms with Gasteiger partial charge in [-0.05, 0) is 24.8 Å². The number of hydrogen-bond acceptors (Lipinski definition) is 5. The highest BCUT2D eigenvalue weighted by atomic mass is 35.5. The summed E-state index contributed by atoms with van der Waals surface area (Å²) in [4.78, 5) is 33.9. The second kappa shape index (κ2) is 5.12. The van der Waals surface area contributed by atoms with Crippen molar-refractivity contribution in [2.75, 3.05) is 0 Å². The first kappa shape index (κ1) is 14.0. The van der Waals surface area contributed by atoms with E-state index in [0.29, 0.717) is 12.5 Å². The molecule has 110 valence electrons. The largest absolute Gasteiger partial charge is 0.345 e. The Labute approximate surface area is 127 Å². The molecule has 0 radical (unpaired) electrons. The van der Waals surface area contributed by atoms with Crippen LogP contribution in [0.1, 0.15) is 12.8 Å². The molecule has 1 aromatic carbocycles. The fourth-order valence-electron chi connectivity index (χ4n) is 1.99. The van der Waals surface area contributed by atoms with Crippen LogP contribution in [0, 0.1) is 16.0 Å². The maximum absolute atomic E-state index is 12.3. The molecule has 0 amide bonds. The van der Waals surface area contributed by atoms with Crippen LogP contribution in [-0.2, 0) is 6.54 Å². The van der Waals surface area contributed by atoms with Crippen LogP contribution in [0.15, 0.2) is 27.8 Å². The highest BCUT2D eigenvalue weighted by molar-refractivity contribution is 7.03. The number of nitro groups is 1. The molecule has 1 saturated carbocycles. The molecule has 0 saturated heterocycles. The summed E-state index contributed by atoms with van der Waals surface area (Å²) in [6.45, 7) is 0.422. The number of non-ortho nitro benzene ring substituents is 1. The van der Waals surface area contributed by atoms with Crippen LogP contribution < -0.4 is 10.6 Å². The number of hydrogen-bond donors (Lipinski definition) is 0. The van der Waals surface area contributed by atoms with Gasteiger partial charge in [0.1, 0.15) is 0 Å². The molecular weight excluding hydrogens is 318 g/mol. The van der Waals surface area contributed by atoms with E-state index in [1.54, 1.807) is 0 Å². The van der Waals surface area contributed by atoms with Crippen molar-refractivity contribution in [2.24, 2.45) is 5.92 Å². The molecule has 9 heteroatoms. The van der Waals surface area contributed by atoms with E-state index in [-0.39, 0.29) is 21.3 Å². The third-order valence-corrected chi connectivity index (χ3v) is 4.51. The van der Waals surface area contributed by atoms with Crippen molar-refractivity contribution in [3.05, 3.63) is 53.5 Å². The quantitative estimate of drug-likeness (QED) is 0.635. The van der Waals surface area contributed by atoms with Crippen molar-refractivity contribution in [2.45, 2.75) is 19.4 Å². The molecule has 2 aromatic rings. The monoisotopic (exact) mass is 327 g/mol. The van der Waals surface area contributed by atoms with Gasteiger partial charge in [0.15, 0.2) is 0 Å². The van der Waals surface area contributed by atoms with Gasteiger partial charge in [0, 0.05) is 30.2 Å². The summed E-state index contributed by atoms with van der Waals surface area (Å²) in [6.07, 6.45) is 2.06. The Bertz CT molecular complexity index is 834. The number of halogens is 1. The smallest absolute Gasteiger partial charge is 0.258 e. The summed E-state index contributed by atoms with van der Waals surface area (Å²) in [5.41, 5.74) is -0.335. The van der Waals surface area contributed by atoms with Gasteiger partial charge in [-0.1, -0.05) is 11.6 Å². The molecule has 0 unspecified atom stereocenters. The topological polar surface area (TPSA) is 87.1 Å². The summed E-state index contributed by atoms with van der Waals surface area (Å²) in [6, 6.07) is 3.79. The van der Waals surface area contributed by atoms with E-state index in [1.165, 1.54) is 26.7 Å². The van der Waals surface area contributed by atoms with Crippen LogP contribution in [0.25, 0.3) is 5.69 Å². The van der Waals surface area contributed by atoms with Crippen molar-refractivity contribution in [3.8, 4) is 5.69 Å². The SMILES string of the molecule is O=c1sn(-c2ccc([N+](=O)[O-])cc2Cl)c(=O)n1CC1CC1. The van der Waals surface area contributed by atoms with Crippen molar-refractivity contribution in [1.29, 1.82) is 0 Å². The van der Waals surface area contributed by atoms with Crippen molar-refractivity contribution >= 4 is 28.8 Å². The molecule has 21 heavy (non-hydrogen) atoms. The minimum absolute atomic E-state index is 0.0612. The van der Waals surface area contributed by atoms with Gasteiger partial charge in [-0.15, -0.1) is 0 Å². The van der Waals surface area contributed by atoms with Crippen molar-refractivity contribution < 1.29 is 4.92 Å². The molecule has 7 nitrogen and oxygen atoms in total. The summed E-state index contributed by atoms with van der Waals surface area (Å²) < 4.78 is 2.37. The molecule has 1 heterocycles. The lowest BCUT2D eigenvalue weighted by atomic mass is 10.3. The Kier molecular flexibility index (Phi) is 3.42.